The van der Waals surface area contributed by atoms with Crippen LogP contribution in [0.4, 0.5) is 0 Å². The molecule has 1 aromatic heterocycles. The molecule has 8 heteroatoms. The van der Waals surface area contributed by atoms with Crippen molar-refractivity contribution in [3.05, 3.63) is 30.1 Å². The smallest absolute Gasteiger partial charge is 0.307 e. The Kier molecular flexibility index (Phi) is 10.9. The number of rotatable bonds is 8. The van der Waals surface area contributed by atoms with Gasteiger partial charge in [0.15, 0.2) is 19.1 Å². The second kappa shape index (κ2) is 11.8. The molecule has 128 valence electrons. The summed E-state index contributed by atoms with van der Waals surface area (Å²) >= 11 is 0. The molecule has 0 saturated heterocycles. The number of nitrogens with zero attached hydrogens (tertiary/aromatic N) is 1. The normalized spacial score (nSPS) is 9.48. The minimum Gasteiger partial charge on any atom is -1.00 e. The number of halogens is 1. The maximum Gasteiger partial charge on any atom is 0.307 e. The van der Waals surface area contributed by atoms with E-state index < -0.39 is 5.97 Å². The number of pyridine rings is 1. The summed E-state index contributed by atoms with van der Waals surface area (Å²) in [6, 6.07) is 3.41. The van der Waals surface area contributed by atoms with E-state index in [1.165, 1.54) is 0 Å². The highest BCUT2D eigenvalue weighted by atomic mass is 127. The summed E-state index contributed by atoms with van der Waals surface area (Å²) in [5.41, 5.74) is 0.475. The van der Waals surface area contributed by atoms with Gasteiger partial charge in [0.1, 0.15) is 12.6 Å². The van der Waals surface area contributed by atoms with Gasteiger partial charge in [-0.1, -0.05) is 0 Å². The number of aromatic nitrogens is 1. The lowest BCUT2D eigenvalue weighted by Crippen LogP contribution is -3.00. The van der Waals surface area contributed by atoms with Crippen LogP contribution in [0.1, 0.15) is 36.5 Å². The quantitative estimate of drug-likeness (QED) is 0.211. The van der Waals surface area contributed by atoms with Crippen molar-refractivity contribution >= 4 is 17.8 Å². The second-order valence-corrected chi connectivity index (χ2v) is 4.58. The largest absolute Gasteiger partial charge is 1.00 e. The van der Waals surface area contributed by atoms with E-state index in [9.17, 15) is 14.4 Å². The van der Waals surface area contributed by atoms with Gasteiger partial charge in [0, 0.05) is 18.9 Å². The number of hydrogen-bond acceptors (Lipinski definition) is 5. The van der Waals surface area contributed by atoms with Crippen LogP contribution >= 0.6 is 0 Å². The first-order valence-corrected chi connectivity index (χ1v) is 7.07. The lowest BCUT2D eigenvalue weighted by molar-refractivity contribution is -0.671. The molecule has 1 N–H and O–H groups in total. The van der Waals surface area contributed by atoms with Crippen molar-refractivity contribution in [1.82, 2.24) is 5.32 Å². The number of carbonyl (C=O) groups excluding carboxylic acids is 3. The summed E-state index contributed by atoms with van der Waals surface area (Å²) in [5, 5.41) is 2.49. The van der Waals surface area contributed by atoms with Gasteiger partial charge in [-0.05, 0) is 19.4 Å². The Bertz CT molecular complexity index is 536. The average molecular weight is 436 g/mol. The Morgan fingerprint density at radius 3 is 2.43 bits per heavy atom. The minimum atomic E-state index is -0.469. The summed E-state index contributed by atoms with van der Waals surface area (Å²) in [7, 11) is 1.81. The first-order valence-electron chi connectivity index (χ1n) is 7.07. The van der Waals surface area contributed by atoms with Gasteiger partial charge in [0.25, 0.3) is 5.91 Å². The molecule has 0 aromatic carbocycles. The fraction of sp³-hybridized carbons (Fsp3) is 0.467. The zero-order valence-electron chi connectivity index (χ0n) is 13.2. The molecule has 1 heterocycles. The number of ether oxygens (including phenoxy) is 2. The molecule has 23 heavy (non-hydrogen) atoms. The van der Waals surface area contributed by atoms with Gasteiger partial charge in [-0.2, -0.15) is 0 Å². The van der Waals surface area contributed by atoms with E-state index in [1.807, 2.05) is 0 Å². The van der Waals surface area contributed by atoms with Crippen molar-refractivity contribution in [3.8, 4) is 0 Å². The van der Waals surface area contributed by atoms with Gasteiger partial charge >= 0.3 is 11.9 Å². The number of carbonyl (C=O) groups is 3. The van der Waals surface area contributed by atoms with Crippen molar-refractivity contribution in [1.29, 1.82) is 0 Å². The van der Waals surface area contributed by atoms with Crippen LogP contribution in [-0.2, 0) is 26.1 Å². The Balaban J connectivity index is 0.00000484. The van der Waals surface area contributed by atoms with Crippen LogP contribution in [0.15, 0.2) is 24.5 Å². The molecular weight excluding hydrogens is 415 g/mol. The molecule has 0 radical (unpaired) electrons. The van der Waals surface area contributed by atoms with E-state index in [4.69, 9.17) is 9.47 Å². The number of hydrogen-bond donors (Lipinski definition) is 1. The predicted octanol–water partition coefficient (Wildman–Crippen LogP) is -2.52. The molecule has 0 atom stereocenters. The monoisotopic (exact) mass is 436 g/mol. The molecule has 0 aliphatic carbocycles. The summed E-state index contributed by atoms with van der Waals surface area (Å²) < 4.78 is 11.4. The Morgan fingerprint density at radius 1 is 1.17 bits per heavy atom. The molecule has 0 aliphatic heterocycles. The maximum absolute atomic E-state index is 11.8. The minimum absolute atomic E-state index is 0. The summed E-state index contributed by atoms with van der Waals surface area (Å²) in [5.74, 6) is -1.13. The summed E-state index contributed by atoms with van der Waals surface area (Å²) in [6.45, 7) is 1.85. The zero-order chi connectivity index (χ0) is 16.4. The van der Waals surface area contributed by atoms with Crippen LogP contribution in [0.3, 0.4) is 0 Å². The average Bonchev–Trinajstić information content (AvgIpc) is 2.47. The molecule has 0 spiro atoms. The van der Waals surface area contributed by atoms with Crippen molar-refractivity contribution < 1.29 is 52.4 Å². The van der Waals surface area contributed by atoms with Gasteiger partial charge in [-0.3, -0.25) is 14.4 Å². The first kappa shape index (κ1) is 21.3. The summed E-state index contributed by atoms with van der Waals surface area (Å²) in [6.07, 6.45) is 4.11. The molecule has 1 amide bonds. The fourth-order valence-electron chi connectivity index (χ4n) is 1.69. The first-order chi connectivity index (χ1) is 10.5. The molecular formula is C15H21IN2O5. The van der Waals surface area contributed by atoms with Crippen LogP contribution in [-0.4, -0.2) is 31.2 Å². The van der Waals surface area contributed by atoms with Crippen molar-refractivity contribution in [2.24, 2.45) is 7.05 Å². The van der Waals surface area contributed by atoms with Gasteiger partial charge in [-0.25, -0.2) is 4.57 Å². The molecule has 7 nitrogen and oxygen atoms in total. The summed E-state index contributed by atoms with van der Waals surface area (Å²) in [4.78, 5) is 34.3. The molecule has 1 rings (SSSR count). The highest BCUT2D eigenvalue weighted by molar-refractivity contribution is 5.93. The third-order valence-corrected chi connectivity index (χ3v) is 2.73. The number of aryl methyl sites for hydroxylation is 1. The second-order valence-electron chi connectivity index (χ2n) is 4.58. The van der Waals surface area contributed by atoms with E-state index in [2.05, 4.69) is 5.32 Å². The SMILES string of the molecule is CCOC(=O)CCCC(=O)OCNC(=O)c1ccc[n+](C)c1.[I-]. The fourth-order valence-corrected chi connectivity index (χ4v) is 1.69. The third-order valence-electron chi connectivity index (χ3n) is 2.73. The van der Waals surface area contributed by atoms with E-state index in [-0.39, 0.29) is 55.4 Å². The van der Waals surface area contributed by atoms with Crippen LogP contribution in [0.25, 0.3) is 0 Å². The van der Waals surface area contributed by atoms with Crippen LogP contribution in [0, 0.1) is 0 Å². The molecule has 1 aromatic rings. The van der Waals surface area contributed by atoms with Crippen molar-refractivity contribution in [3.63, 3.8) is 0 Å². The highest BCUT2D eigenvalue weighted by Crippen LogP contribution is 2.00. The predicted molar refractivity (Wildman–Crippen MR) is 76.5 cm³/mol. The van der Waals surface area contributed by atoms with Gasteiger partial charge in [0.05, 0.1) is 6.61 Å². The van der Waals surface area contributed by atoms with Crippen LogP contribution in [0.2, 0.25) is 0 Å². The van der Waals surface area contributed by atoms with Gasteiger partial charge in [-0.15, -0.1) is 0 Å². The van der Waals surface area contributed by atoms with E-state index in [0.29, 0.717) is 18.6 Å². The highest BCUT2D eigenvalue weighted by Gasteiger charge is 2.10. The molecule has 0 unspecified atom stereocenters. The molecule has 0 saturated carbocycles. The van der Waals surface area contributed by atoms with Crippen LogP contribution < -0.4 is 33.9 Å². The van der Waals surface area contributed by atoms with E-state index in [1.54, 1.807) is 43.1 Å². The number of esters is 2. The lowest BCUT2D eigenvalue weighted by atomic mass is 10.2. The Hall–Kier alpha value is -1.71. The topological polar surface area (TPSA) is 85.6 Å². The van der Waals surface area contributed by atoms with E-state index in [0.717, 1.165) is 0 Å². The number of amides is 1. The van der Waals surface area contributed by atoms with Crippen LogP contribution in [0.5, 0.6) is 0 Å². The zero-order valence-corrected chi connectivity index (χ0v) is 15.4. The van der Waals surface area contributed by atoms with Gasteiger partial charge in [0.2, 0.25) is 0 Å². The molecule has 0 fully saturated rings. The maximum atomic E-state index is 11.8. The Morgan fingerprint density at radius 2 is 1.83 bits per heavy atom. The van der Waals surface area contributed by atoms with Crippen molar-refractivity contribution in [2.75, 3.05) is 13.3 Å². The molecule has 0 aliphatic rings. The molecule has 0 bridgehead atoms. The van der Waals surface area contributed by atoms with Gasteiger partial charge < -0.3 is 38.8 Å². The Labute approximate surface area is 152 Å². The lowest BCUT2D eigenvalue weighted by Gasteiger charge is -2.06. The third kappa shape index (κ3) is 9.11. The van der Waals surface area contributed by atoms with E-state index >= 15 is 0 Å². The van der Waals surface area contributed by atoms with Crippen molar-refractivity contribution in [2.45, 2.75) is 26.2 Å². The number of nitrogens with one attached hydrogen (secondary N) is 1. The standard InChI is InChI=1S/C15H20N2O5.HI/c1-3-21-13(18)7-4-8-14(19)22-11-16-15(20)12-6-5-9-17(2)10-12;/h5-6,9-10H,3-4,7-8,11H2,1-2H3;1H.